The van der Waals surface area contributed by atoms with Crippen LogP contribution in [0.5, 0.6) is 0 Å². The molecule has 0 aromatic rings. The van der Waals surface area contributed by atoms with E-state index in [1.807, 2.05) is 20.8 Å². The summed E-state index contributed by atoms with van der Waals surface area (Å²) in [5, 5.41) is 17.6. The maximum absolute atomic E-state index is 14.1. The van der Waals surface area contributed by atoms with E-state index >= 15 is 0 Å². The lowest BCUT2D eigenvalue weighted by molar-refractivity contribution is -0.193. The number of hydrogen-bond donors (Lipinski definition) is 3. The number of carbonyl (C=O) groups excluding carboxylic acids is 4. The Morgan fingerprint density at radius 2 is 1.83 bits per heavy atom. The van der Waals surface area contributed by atoms with Crippen molar-refractivity contribution in [1.82, 2.24) is 20.9 Å². The predicted octanol–water partition coefficient (Wildman–Crippen LogP) is 2.18. The third kappa shape index (κ3) is 5.47. The van der Waals surface area contributed by atoms with Crippen molar-refractivity contribution in [2.24, 2.45) is 28.6 Å². The van der Waals surface area contributed by atoms with Gasteiger partial charge in [0.05, 0.1) is 17.8 Å². The maximum Gasteiger partial charge on any atom is 0.403 e. The second kappa shape index (κ2) is 10.4. The first-order chi connectivity index (χ1) is 19.5. The average molecular weight is 596 g/mol. The van der Waals surface area contributed by atoms with Gasteiger partial charge in [-0.2, -0.15) is 18.4 Å². The van der Waals surface area contributed by atoms with Crippen LogP contribution in [0.1, 0.15) is 72.6 Å². The van der Waals surface area contributed by atoms with Crippen molar-refractivity contribution in [1.29, 1.82) is 5.26 Å². The number of ether oxygens (including phenoxy) is 1. The van der Waals surface area contributed by atoms with Crippen LogP contribution in [0.2, 0.25) is 0 Å². The van der Waals surface area contributed by atoms with Gasteiger partial charge < -0.3 is 25.6 Å². The van der Waals surface area contributed by atoms with Crippen LogP contribution in [-0.4, -0.2) is 77.6 Å². The van der Waals surface area contributed by atoms with E-state index < -0.39 is 65.1 Å². The van der Waals surface area contributed by atoms with Gasteiger partial charge in [0.25, 0.3) is 0 Å². The number of rotatable bonds is 10. The molecule has 0 bridgehead atoms. The van der Waals surface area contributed by atoms with E-state index in [4.69, 9.17) is 4.74 Å². The molecule has 232 valence electrons. The fourth-order valence-corrected chi connectivity index (χ4v) is 6.97. The third-order valence-corrected chi connectivity index (χ3v) is 10.3. The van der Waals surface area contributed by atoms with Gasteiger partial charge in [-0.05, 0) is 76.0 Å². The van der Waals surface area contributed by atoms with E-state index in [1.165, 1.54) is 4.90 Å². The highest BCUT2D eigenvalue weighted by molar-refractivity contribution is 5.95. The minimum Gasteiger partial charge on any atom is -0.370 e. The molecule has 5 aliphatic rings. The van der Waals surface area contributed by atoms with E-state index in [9.17, 15) is 37.6 Å². The smallest absolute Gasteiger partial charge is 0.370 e. The van der Waals surface area contributed by atoms with Crippen LogP contribution < -0.4 is 16.0 Å². The number of piperidine rings is 2. The highest BCUT2D eigenvalue weighted by Crippen LogP contribution is 2.65. The fourth-order valence-electron chi connectivity index (χ4n) is 6.97. The lowest BCUT2D eigenvalue weighted by atomic mass is 9.91. The Bertz CT molecular complexity index is 1190. The van der Waals surface area contributed by atoms with Crippen LogP contribution in [0.25, 0.3) is 0 Å². The van der Waals surface area contributed by atoms with Crippen molar-refractivity contribution in [2.45, 2.75) is 109 Å². The number of amides is 4. The van der Waals surface area contributed by atoms with Crippen LogP contribution in [-0.2, 0) is 23.9 Å². The molecule has 2 heterocycles. The van der Waals surface area contributed by atoms with Crippen molar-refractivity contribution in [3.05, 3.63) is 0 Å². The molecular weight excluding hydrogens is 555 g/mol. The molecule has 5 fully saturated rings. The third-order valence-electron chi connectivity index (χ3n) is 10.3. The van der Waals surface area contributed by atoms with Gasteiger partial charge in [0, 0.05) is 19.0 Å². The van der Waals surface area contributed by atoms with Crippen molar-refractivity contribution < 1.29 is 37.1 Å². The zero-order chi connectivity index (χ0) is 30.8. The van der Waals surface area contributed by atoms with E-state index in [0.717, 1.165) is 19.3 Å². The number of nitriles is 1. The van der Waals surface area contributed by atoms with E-state index in [0.29, 0.717) is 13.0 Å². The van der Waals surface area contributed by atoms with Gasteiger partial charge >= 0.3 is 6.18 Å². The molecule has 4 amide bonds. The number of likely N-dealkylation sites (tertiary alicyclic amines) is 1. The van der Waals surface area contributed by atoms with Gasteiger partial charge in [0.15, 0.2) is 0 Å². The van der Waals surface area contributed by atoms with Crippen molar-refractivity contribution in [3.8, 4) is 6.07 Å². The topological polar surface area (TPSA) is 141 Å². The number of hydrogen-bond acceptors (Lipinski definition) is 6. The van der Waals surface area contributed by atoms with Crippen LogP contribution in [0.3, 0.4) is 0 Å². The predicted molar refractivity (Wildman–Crippen MR) is 142 cm³/mol. The molecule has 10 nitrogen and oxygen atoms in total. The fraction of sp³-hybridized carbons (Fsp3) is 0.828. The summed E-state index contributed by atoms with van der Waals surface area (Å²) in [5.41, 5.74) is -3.31. The molecule has 2 aliphatic heterocycles. The molecule has 7 atom stereocenters. The van der Waals surface area contributed by atoms with Gasteiger partial charge in [-0.3, -0.25) is 19.2 Å². The van der Waals surface area contributed by atoms with Gasteiger partial charge in [-0.1, -0.05) is 13.8 Å². The first-order valence-corrected chi connectivity index (χ1v) is 14.9. The SMILES string of the molecule is C[C@@H](OC1(C)CC1)[C@H](NC(=O)C1(C(F)(F)F)CC1)C(=O)N1C[C@H]2[C@@H]([C@H]1C(=O)N[C@H](C#N)C[C@@H]1CCCNC1=O)C2(C)C. The highest BCUT2D eigenvalue weighted by atomic mass is 19.4. The molecule has 3 aliphatic carbocycles. The molecule has 13 heteroatoms. The zero-order valence-electron chi connectivity index (χ0n) is 24.5. The van der Waals surface area contributed by atoms with E-state index in [-0.39, 0.29) is 49.0 Å². The summed E-state index contributed by atoms with van der Waals surface area (Å²) in [7, 11) is 0. The summed E-state index contributed by atoms with van der Waals surface area (Å²) in [6.07, 6.45) is -3.44. The monoisotopic (exact) mass is 595 g/mol. The number of nitrogens with zero attached hydrogens (tertiary/aromatic N) is 2. The van der Waals surface area contributed by atoms with Crippen LogP contribution in [0.4, 0.5) is 13.2 Å². The number of halogens is 3. The maximum atomic E-state index is 14.1. The molecule has 0 aromatic heterocycles. The number of fused-ring (bicyclic) bond motifs is 1. The minimum atomic E-state index is -4.75. The van der Waals surface area contributed by atoms with Crippen LogP contribution in [0, 0.1) is 39.9 Å². The van der Waals surface area contributed by atoms with Crippen LogP contribution >= 0.6 is 0 Å². The Kier molecular flexibility index (Phi) is 7.56. The minimum absolute atomic E-state index is 0.0275. The quantitative estimate of drug-likeness (QED) is 0.354. The van der Waals surface area contributed by atoms with E-state index in [2.05, 4.69) is 22.0 Å². The summed E-state index contributed by atoms with van der Waals surface area (Å²) in [5.74, 6) is -3.32. The first-order valence-electron chi connectivity index (χ1n) is 14.9. The lowest BCUT2D eigenvalue weighted by Crippen LogP contribution is -2.61. The second-order valence-electron chi connectivity index (χ2n) is 13.7. The lowest BCUT2D eigenvalue weighted by Gasteiger charge is -2.36. The first kappa shape index (κ1) is 30.6. The Balaban J connectivity index is 1.35. The molecule has 42 heavy (non-hydrogen) atoms. The van der Waals surface area contributed by atoms with Gasteiger partial charge in [0.1, 0.15) is 23.5 Å². The molecule has 0 radical (unpaired) electrons. The molecule has 0 aromatic carbocycles. The molecule has 3 saturated carbocycles. The van der Waals surface area contributed by atoms with Crippen molar-refractivity contribution >= 4 is 23.6 Å². The summed E-state index contributed by atoms with van der Waals surface area (Å²) in [6, 6.07) is -1.31. The summed E-state index contributed by atoms with van der Waals surface area (Å²) >= 11 is 0. The van der Waals surface area contributed by atoms with Gasteiger partial charge in [-0.15, -0.1) is 0 Å². The number of alkyl halides is 3. The Hall–Kier alpha value is -2.88. The normalized spacial score (nSPS) is 31.9. The molecule has 3 N–H and O–H groups in total. The Morgan fingerprint density at radius 1 is 1.17 bits per heavy atom. The molecular formula is C29H40F3N5O5. The van der Waals surface area contributed by atoms with Gasteiger partial charge in [-0.25, -0.2) is 0 Å². The van der Waals surface area contributed by atoms with Gasteiger partial charge in [0.2, 0.25) is 23.6 Å². The average Bonchev–Trinajstić information content (AvgIpc) is 3.86. The molecule has 0 spiro atoms. The Labute approximate surface area is 243 Å². The molecule has 5 rings (SSSR count). The van der Waals surface area contributed by atoms with Crippen LogP contribution in [0.15, 0.2) is 0 Å². The summed E-state index contributed by atoms with van der Waals surface area (Å²) in [4.78, 5) is 54.3. The second-order valence-corrected chi connectivity index (χ2v) is 13.7. The summed E-state index contributed by atoms with van der Waals surface area (Å²) in [6.45, 7) is 8.12. The standard InChI is InChI=1S/C29H40F3N5O5/c1-15(42-27(4)7-8-27)20(36-25(41)28(9-10-28)29(30,31)32)24(40)37-14-18-19(26(18,2)3)21(37)23(39)35-17(13-33)12-16-6-5-11-34-22(16)38/h15-21H,5-12,14H2,1-4H3,(H,34,38)(H,35,39)(H,36,41)/t15-,16+,17+,18+,19+,20+,21+/m1/s1. The molecule has 0 unspecified atom stereocenters. The summed E-state index contributed by atoms with van der Waals surface area (Å²) < 4.78 is 47.3. The van der Waals surface area contributed by atoms with Crippen molar-refractivity contribution in [2.75, 3.05) is 13.1 Å². The van der Waals surface area contributed by atoms with Crippen molar-refractivity contribution in [3.63, 3.8) is 0 Å². The largest absolute Gasteiger partial charge is 0.403 e. The van der Waals surface area contributed by atoms with E-state index in [1.54, 1.807) is 6.92 Å². The number of nitrogens with one attached hydrogen (secondary N) is 3. The zero-order valence-corrected chi connectivity index (χ0v) is 24.5. The highest BCUT2D eigenvalue weighted by Gasteiger charge is 2.71. The number of carbonyl (C=O) groups is 4. The Morgan fingerprint density at radius 3 is 2.38 bits per heavy atom. The molecule has 2 saturated heterocycles.